The Morgan fingerprint density at radius 1 is 0.931 bits per heavy atom. The van der Waals surface area contributed by atoms with Crippen molar-refractivity contribution >= 4 is 22.6 Å². The summed E-state index contributed by atoms with van der Waals surface area (Å²) in [7, 11) is -3.80. The van der Waals surface area contributed by atoms with E-state index in [0.717, 1.165) is 0 Å². The Labute approximate surface area is 183 Å². The van der Waals surface area contributed by atoms with Crippen LogP contribution >= 0.6 is 0 Å². The zero-order valence-corrected chi connectivity index (χ0v) is 23.4. The van der Waals surface area contributed by atoms with Crippen LogP contribution < -0.4 is 0 Å². The van der Waals surface area contributed by atoms with E-state index >= 15 is 0 Å². The number of carbonyl (C=O) groups is 1. The number of carbonyl (C=O) groups excluding carboxylic acids is 1. The van der Waals surface area contributed by atoms with Gasteiger partial charge in [-0.2, -0.15) is 0 Å². The van der Waals surface area contributed by atoms with Gasteiger partial charge in [0, 0.05) is 18.6 Å². The van der Waals surface area contributed by atoms with E-state index in [1.165, 1.54) is 6.08 Å². The van der Waals surface area contributed by atoms with Crippen LogP contribution in [-0.4, -0.2) is 41.9 Å². The summed E-state index contributed by atoms with van der Waals surface area (Å²) < 4.78 is 18.4. The standard InChI is InChI=1S/C23H48O4Si2/c1-14-25-20(24)16-15-18(2)21(27-29(12,13)23(7,8)9)19(3)17-26-28(10,11)22(4,5)6/h15-16,18-19,21H,14,17H2,1-13H3/b16-15+/t18-,19-,21+/m0/s1. The SMILES string of the molecule is CCOC(=O)/C=C/[C@H](C)[C@@H](O[Si](C)(C)C(C)(C)C)[C@@H](C)CO[Si](C)(C)C(C)(C)C. The second-order valence-electron chi connectivity index (χ2n) is 11.4. The number of ether oxygens (including phenoxy) is 1. The van der Waals surface area contributed by atoms with Crippen molar-refractivity contribution in [2.45, 2.75) is 105 Å². The Hall–Kier alpha value is -0.436. The monoisotopic (exact) mass is 444 g/mol. The van der Waals surface area contributed by atoms with Crippen LogP contribution in [0.5, 0.6) is 0 Å². The molecule has 0 heterocycles. The molecule has 0 N–H and O–H groups in total. The van der Waals surface area contributed by atoms with Crippen molar-refractivity contribution in [2.24, 2.45) is 11.8 Å². The highest BCUT2D eigenvalue weighted by Crippen LogP contribution is 2.40. The van der Waals surface area contributed by atoms with Crippen molar-refractivity contribution in [3.05, 3.63) is 12.2 Å². The highest BCUT2D eigenvalue weighted by atomic mass is 28.4. The van der Waals surface area contributed by atoms with Crippen LogP contribution in [0.4, 0.5) is 0 Å². The molecule has 0 bridgehead atoms. The third-order valence-corrected chi connectivity index (χ3v) is 15.6. The van der Waals surface area contributed by atoms with Crippen LogP contribution in [0.25, 0.3) is 0 Å². The van der Waals surface area contributed by atoms with Crippen molar-refractivity contribution in [2.75, 3.05) is 13.2 Å². The summed E-state index contributed by atoms with van der Waals surface area (Å²) in [6.07, 6.45) is 3.46. The fourth-order valence-corrected chi connectivity index (χ4v) is 5.03. The van der Waals surface area contributed by atoms with Gasteiger partial charge in [0.15, 0.2) is 16.6 Å². The Balaban J connectivity index is 5.54. The molecule has 0 spiro atoms. The topological polar surface area (TPSA) is 44.8 Å². The van der Waals surface area contributed by atoms with Crippen molar-refractivity contribution in [1.82, 2.24) is 0 Å². The highest BCUT2D eigenvalue weighted by molar-refractivity contribution is 6.74. The molecule has 0 rings (SSSR count). The minimum absolute atomic E-state index is 0.00802. The number of hydrogen-bond acceptors (Lipinski definition) is 4. The van der Waals surface area contributed by atoms with Gasteiger partial charge >= 0.3 is 5.97 Å². The summed E-state index contributed by atoms with van der Waals surface area (Å²) in [4.78, 5) is 11.8. The molecule has 0 radical (unpaired) electrons. The fourth-order valence-electron chi connectivity index (χ4n) is 2.44. The minimum Gasteiger partial charge on any atom is -0.463 e. The van der Waals surface area contributed by atoms with Gasteiger partial charge in [-0.1, -0.05) is 61.5 Å². The molecule has 172 valence electrons. The van der Waals surface area contributed by atoms with Crippen LogP contribution in [0.3, 0.4) is 0 Å². The first-order chi connectivity index (χ1) is 12.9. The number of esters is 1. The first-order valence-electron chi connectivity index (χ1n) is 11.0. The summed E-state index contributed by atoms with van der Waals surface area (Å²) in [6.45, 7) is 29.9. The number of hydrogen-bond donors (Lipinski definition) is 0. The molecule has 0 aromatic rings. The highest BCUT2D eigenvalue weighted by Gasteiger charge is 2.42. The third kappa shape index (κ3) is 9.07. The quantitative estimate of drug-likeness (QED) is 0.211. The van der Waals surface area contributed by atoms with E-state index in [1.54, 1.807) is 0 Å². The van der Waals surface area contributed by atoms with E-state index in [4.69, 9.17) is 13.6 Å². The van der Waals surface area contributed by atoms with Gasteiger partial charge < -0.3 is 13.6 Å². The molecular weight excluding hydrogens is 396 g/mol. The molecule has 4 nitrogen and oxygen atoms in total. The van der Waals surface area contributed by atoms with Crippen molar-refractivity contribution in [3.8, 4) is 0 Å². The molecule has 0 saturated heterocycles. The van der Waals surface area contributed by atoms with Gasteiger partial charge in [-0.3, -0.25) is 0 Å². The summed E-state index contributed by atoms with van der Waals surface area (Å²) in [5.41, 5.74) is 0. The van der Waals surface area contributed by atoms with Crippen LogP contribution in [-0.2, 0) is 18.4 Å². The summed E-state index contributed by atoms with van der Waals surface area (Å²) in [5, 5.41) is 0.299. The van der Waals surface area contributed by atoms with E-state index in [9.17, 15) is 4.79 Å². The van der Waals surface area contributed by atoms with Crippen molar-refractivity contribution in [3.63, 3.8) is 0 Å². The lowest BCUT2D eigenvalue weighted by Gasteiger charge is -2.43. The molecule has 0 aliphatic carbocycles. The lowest BCUT2D eigenvalue weighted by Crippen LogP contribution is -2.49. The zero-order valence-electron chi connectivity index (χ0n) is 21.4. The largest absolute Gasteiger partial charge is 0.463 e. The molecule has 0 aliphatic heterocycles. The van der Waals surface area contributed by atoms with E-state index in [1.807, 2.05) is 13.0 Å². The maximum absolute atomic E-state index is 11.8. The van der Waals surface area contributed by atoms with Gasteiger partial charge in [0.25, 0.3) is 0 Å². The summed E-state index contributed by atoms with van der Waals surface area (Å²) >= 11 is 0. The second-order valence-corrected chi connectivity index (χ2v) is 20.9. The normalized spacial score (nSPS) is 17.3. The van der Waals surface area contributed by atoms with Gasteiger partial charge in [0.2, 0.25) is 0 Å². The summed E-state index contributed by atoms with van der Waals surface area (Å²) in [5.74, 6) is 0.0160. The molecule has 0 saturated carbocycles. The predicted molar refractivity (Wildman–Crippen MR) is 129 cm³/mol. The van der Waals surface area contributed by atoms with E-state index in [2.05, 4.69) is 81.6 Å². The van der Waals surface area contributed by atoms with Gasteiger partial charge in [0.05, 0.1) is 12.7 Å². The molecule has 0 unspecified atom stereocenters. The van der Waals surface area contributed by atoms with E-state index in [-0.39, 0.29) is 34.0 Å². The lowest BCUT2D eigenvalue weighted by molar-refractivity contribution is -0.137. The smallest absolute Gasteiger partial charge is 0.330 e. The average Bonchev–Trinajstić information content (AvgIpc) is 2.53. The molecule has 0 fully saturated rings. The van der Waals surface area contributed by atoms with Gasteiger partial charge in [0.1, 0.15) is 0 Å². The first kappa shape index (κ1) is 28.6. The van der Waals surface area contributed by atoms with E-state index < -0.39 is 16.6 Å². The number of rotatable bonds is 10. The second kappa shape index (κ2) is 10.7. The van der Waals surface area contributed by atoms with E-state index in [0.29, 0.717) is 13.2 Å². The molecule has 6 heteroatoms. The predicted octanol–water partition coefficient (Wildman–Crippen LogP) is 6.79. The Morgan fingerprint density at radius 3 is 1.83 bits per heavy atom. The van der Waals surface area contributed by atoms with Gasteiger partial charge in [-0.25, -0.2) is 4.79 Å². The van der Waals surface area contributed by atoms with Crippen LogP contribution in [0, 0.1) is 11.8 Å². The average molecular weight is 445 g/mol. The van der Waals surface area contributed by atoms with Gasteiger partial charge in [-0.15, -0.1) is 0 Å². The Kier molecular flexibility index (Phi) is 10.6. The first-order valence-corrected chi connectivity index (χ1v) is 16.8. The molecular formula is C23H48O4Si2. The zero-order chi connectivity index (χ0) is 23.3. The van der Waals surface area contributed by atoms with Crippen LogP contribution in [0.15, 0.2) is 12.2 Å². The molecule has 0 amide bonds. The third-order valence-electron chi connectivity index (χ3n) is 6.65. The fraction of sp³-hybridized carbons (Fsp3) is 0.870. The van der Waals surface area contributed by atoms with Gasteiger partial charge in [-0.05, 0) is 49.1 Å². The molecule has 0 aromatic carbocycles. The Bertz CT molecular complexity index is 542. The van der Waals surface area contributed by atoms with Crippen molar-refractivity contribution in [1.29, 1.82) is 0 Å². The maximum atomic E-state index is 11.8. The minimum atomic E-state index is -1.97. The molecule has 3 atom stereocenters. The molecule has 29 heavy (non-hydrogen) atoms. The lowest BCUT2D eigenvalue weighted by atomic mass is 9.94. The van der Waals surface area contributed by atoms with Crippen LogP contribution in [0.2, 0.25) is 36.3 Å². The maximum Gasteiger partial charge on any atom is 0.330 e. The van der Waals surface area contributed by atoms with Crippen molar-refractivity contribution < 1.29 is 18.4 Å². The Morgan fingerprint density at radius 2 is 1.41 bits per heavy atom. The molecule has 0 aliphatic rings. The summed E-state index contributed by atoms with van der Waals surface area (Å²) in [6, 6.07) is 0. The molecule has 0 aromatic heterocycles. The van der Waals surface area contributed by atoms with Crippen LogP contribution in [0.1, 0.15) is 62.3 Å².